The first kappa shape index (κ1) is 25.5. The number of nitrogens with two attached hydrogens (primary N) is 4. The summed E-state index contributed by atoms with van der Waals surface area (Å²) in [5, 5.41) is 15.0. The Morgan fingerprint density at radius 3 is 1.54 bits per heavy atom. The summed E-state index contributed by atoms with van der Waals surface area (Å²) in [5.74, 6) is -0.933. The van der Waals surface area contributed by atoms with E-state index in [0.29, 0.717) is 13.0 Å². The average Bonchev–Trinajstić information content (AvgIpc) is 2.57. The fourth-order valence-corrected chi connectivity index (χ4v) is 1.84. The van der Waals surface area contributed by atoms with Crippen LogP contribution in [0.3, 0.4) is 0 Å². The van der Waals surface area contributed by atoms with Crippen molar-refractivity contribution in [1.82, 2.24) is 10.6 Å². The second-order valence-electron chi connectivity index (χ2n) is 5.72. The SMILES string of the molecule is NCCCC[C@H](N)C(=O)O.NCCCNCCCCNCCCN. The van der Waals surface area contributed by atoms with Gasteiger partial charge in [-0.3, -0.25) is 4.79 Å². The molecule has 0 saturated heterocycles. The van der Waals surface area contributed by atoms with E-state index in [0.717, 1.165) is 65.0 Å². The first-order valence-electron chi connectivity index (χ1n) is 9.10. The molecular weight excluding hydrogens is 308 g/mol. The van der Waals surface area contributed by atoms with Gasteiger partial charge < -0.3 is 38.7 Å². The summed E-state index contributed by atoms with van der Waals surface area (Å²) >= 11 is 0. The highest BCUT2D eigenvalue weighted by Gasteiger charge is 2.09. The van der Waals surface area contributed by atoms with Crippen LogP contribution in [0.1, 0.15) is 44.9 Å². The smallest absolute Gasteiger partial charge is 0.320 e. The van der Waals surface area contributed by atoms with Gasteiger partial charge in [-0.05, 0) is 84.3 Å². The molecule has 8 nitrogen and oxygen atoms in total. The summed E-state index contributed by atoms with van der Waals surface area (Å²) in [5.41, 5.74) is 21.2. The van der Waals surface area contributed by atoms with E-state index in [4.69, 9.17) is 28.0 Å². The Hall–Kier alpha value is -0.770. The van der Waals surface area contributed by atoms with E-state index in [-0.39, 0.29) is 0 Å². The van der Waals surface area contributed by atoms with Crippen molar-refractivity contribution in [1.29, 1.82) is 0 Å². The number of rotatable bonds is 16. The Kier molecular flexibility index (Phi) is 23.6. The zero-order valence-electron chi connectivity index (χ0n) is 15.1. The summed E-state index contributed by atoms with van der Waals surface area (Å²) in [6.07, 6.45) is 6.79. The fraction of sp³-hybridized carbons (Fsp3) is 0.938. The van der Waals surface area contributed by atoms with Crippen molar-refractivity contribution in [3.05, 3.63) is 0 Å². The molecule has 0 aliphatic carbocycles. The molecular formula is C16H40N6O2. The van der Waals surface area contributed by atoms with Gasteiger partial charge in [0.1, 0.15) is 6.04 Å². The van der Waals surface area contributed by atoms with Crippen LogP contribution in [0.5, 0.6) is 0 Å². The zero-order valence-corrected chi connectivity index (χ0v) is 15.1. The molecule has 1 atom stereocenters. The minimum atomic E-state index is -0.933. The number of aliphatic carboxylic acids is 1. The van der Waals surface area contributed by atoms with Gasteiger partial charge in [-0.2, -0.15) is 0 Å². The molecule has 24 heavy (non-hydrogen) atoms. The molecule has 0 saturated carbocycles. The van der Waals surface area contributed by atoms with Gasteiger partial charge in [0.25, 0.3) is 0 Å². The number of hydrogen-bond donors (Lipinski definition) is 7. The van der Waals surface area contributed by atoms with Crippen molar-refractivity contribution >= 4 is 5.97 Å². The third-order valence-corrected chi connectivity index (χ3v) is 3.36. The zero-order chi connectivity index (χ0) is 18.5. The van der Waals surface area contributed by atoms with Gasteiger partial charge in [0.05, 0.1) is 0 Å². The summed E-state index contributed by atoms with van der Waals surface area (Å²) < 4.78 is 0. The van der Waals surface area contributed by atoms with Crippen LogP contribution >= 0.6 is 0 Å². The lowest BCUT2D eigenvalue weighted by Gasteiger charge is -2.04. The Balaban J connectivity index is 0. The molecule has 0 spiro atoms. The van der Waals surface area contributed by atoms with Crippen LogP contribution in [0.25, 0.3) is 0 Å². The number of unbranched alkanes of at least 4 members (excludes halogenated alkanes) is 2. The predicted molar refractivity (Wildman–Crippen MR) is 101 cm³/mol. The summed E-state index contributed by atoms with van der Waals surface area (Å²) in [6, 6.07) is -0.716. The Morgan fingerprint density at radius 2 is 1.17 bits per heavy atom. The molecule has 11 N–H and O–H groups in total. The lowest BCUT2D eigenvalue weighted by atomic mass is 10.1. The lowest BCUT2D eigenvalue weighted by molar-refractivity contribution is -0.138. The number of hydrogen-bond acceptors (Lipinski definition) is 7. The van der Waals surface area contributed by atoms with Crippen molar-refractivity contribution in [2.24, 2.45) is 22.9 Å². The van der Waals surface area contributed by atoms with Gasteiger partial charge in [0, 0.05) is 0 Å². The molecule has 0 heterocycles. The highest BCUT2D eigenvalue weighted by atomic mass is 16.4. The Labute approximate surface area is 147 Å². The topological polar surface area (TPSA) is 165 Å². The minimum Gasteiger partial charge on any atom is -0.480 e. The predicted octanol–water partition coefficient (Wildman–Crippen LogP) is -0.829. The molecule has 0 aliphatic heterocycles. The molecule has 0 bridgehead atoms. The van der Waals surface area contributed by atoms with Crippen LogP contribution in [0.2, 0.25) is 0 Å². The average molecular weight is 349 g/mol. The molecule has 0 amide bonds. The molecule has 0 aromatic rings. The normalized spacial score (nSPS) is 11.7. The molecule has 0 aliphatic rings. The highest BCUT2D eigenvalue weighted by Crippen LogP contribution is 1.96. The summed E-state index contributed by atoms with van der Waals surface area (Å²) in [6.45, 7) is 6.50. The van der Waals surface area contributed by atoms with Crippen LogP contribution in [0.15, 0.2) is 0 Å². The number of carbonyl (C=O) groups is 1. The van der Waals surface area contributed by atoms with E-state index >= 15 is 0 Å². The van der Waals surface area contributed by atoms with Gasteiger partial charge in [0.15, 0.2) is 0 Å². The molecule has 146 valence electrons. The molecule has 8 heteroatoms. The molecule has 0 unspecified atom stereocenters. The second-order valence-corrected chi connectivity index (χ2v) is 5.72. The minimum absolute atomic E-state index is 0.520. The van der Waals surface area contributed by atoms with E-state index in [2.05, 4.69) is 10.6 Å². The van der Waals surface area contributed by atoms with Crippen molar-refractivity contribution in [2.75, 3.05) is 45.8 Å². The van der Waals surface area contributed by atoms with E-state index in [1.165, 1.54) is 12.8 Å². The Bertz CT molecular complexity index is 245. The van der Waals surface area contributed by atoms with Crippen molar-refractivity contribution in [2.45, 2.75) is 51.0 Å². The van der Waals surface area contributed by atoms with Crippen LogP contribution in [0.4, 0.5) is 0 Å². The number of nitrogens with one attached hydrogen (secondary N) is 2. The second kappa shape index (κ2) is 22.2. The summed E-state index contributed by atoms with van der Waals surface area (Å²) in [7, 11) is 0. The number of carboxylic acid groups (broad SMARTS) is 1. The first-order valence-corrected chi connectivity index (χ1v) is 9.10. The third-order valence-electron chi connectivity index (χ3n) is 3.36. The Morgan fingerprint density at radius 1 is 0.750 bits per heavy atom. The van der Waals surface area contributed by atoms with E-state index < -0.39 is 12.0 Å². The fourth-order valence-electron chi connectivity index (χ4n) is 1.84. The van der Waals surface area contributed by atoms with Gasteiger partial charge in [-0.1, -0.05) is 6.42 Å². The van der Waals surface area contributed by atoms with E-state index in [1.807, 2.05) is 0 Å². The first-order chi connectivity index (χ1) is 11.6. The monoisotopic (exact) mass is 348 g/mol. The molecule has 0 aromatic carbocycles. The van der Waals surface area contributed by atoms with Crippen LogP contribution in [-0.4, -0.2) is 62.9 Å². The van der Waals surface area contributed by atoms with E-state index in [1.54, 1.807) is 0 Å². The van der Waals surface area contributed by atoms with Gasteiger partial charge in [0.2, 0.25) is 0 Å². The lowest BCUT2D eigenvalue weighted by Crippen LogP contribution is -2.29. The third kappa shape index (κ3) is 23.5. The van der Waals surface area contributed by atoms with Crippen molar-refractivity contribution in [3.8, 4) is 0 Å². The van der Waals surface area contributed by atoms with Crippen molar-refractivity contribution in [3.63, 3.8) is 0 Å². The maximum atomic E-state index is 10.1. The van der Waals surface area contributed by atoms with E-state index in [9.17, 15) is 4.79 Å². The van der Waals surface area contributed by atoms with Gasteiger partial charge >= 0.3 is 5.97 Å². The van der Waals surface area contributed by atoms with Crippen LogP contribution < -0.4 is 33.6 Å². The molecule has 0 fully saturated rings. The molecule has 0 aromatic heterocycles. The maximum Gasteiger partial charge on any atom is 0.320 e. The van der Waals surface area contributed by atoms with Crippen LogP contribution in [0, 0.1) is 0 Å². The van der Waals surface area contributed by atoms with Gasteiger partial charge in [-0.15, -0.1) is 0 Å². The van der Waals surface area contributed by atoms with Gasteiger partial charge in [-0.25, -0.2) is 0 Å². The van der Waals surface area contributed by atoms with Crippen LogP contribution in [-0.2, 0) is 4.79 Å². The quantitative estimate of drug-likeness (QED) is 0.177. The largest absolute Gasteiger partial charge is 0.480 e. The van der Waals surface area contributed by atoms with Crippen molar-refractivity contribution < 1.29 is 9.90 Å². The molecule has 0 radical (unpaired) electrons. The standard InChI is InChI=1S/C10H26N4.C6H14N2O2/c11-5-3-9-13-7-1-2-8-14-10-4-6-12;7-4-2-1-3-5(8)6(9)10/h13-14H,1-12H2;5H,1-4,7-8H2,(H,9,10)/t;5-/m.0/s1. The maximum absolute atomic E-state index is 10.1. The summed E-state index contributed by atoms with van der Waals surface area (Å²) in [4.78, 5) is 10.1. The number of carboxylic acids is 1. The molecule has 0 rings (SSSR count). The highest BCUT2D eigenvalue weighted by molar-refractivity contribution is 5.72.